The van der Waals surface area contributed by atoms with Gasteiger partial charge in [0.1, 0.15) is 34.3 Å². The molecule has 10 nitrogen and oxygen atoms in total. The molecule has 51 heavy (non-hydrogen) atoms. The molecule has 1 aliphatic rings. The van der Waals surface area contributed by atoms with Crippen molar-refractivity contribution in [2.45, 2.75) is 12.5 Å². The number of benzene rings is 3. The molecule has 0 unspecified atom stereocenters. The predicted molar refractivity (Wildman–Crippen MR) is 185 cm³/mol. The van der Waals surface area contributed by atoms with Gasteiger partial charge in [0.25, 0.3) is 11.8 Å². The zero-order chi connectivity index (χ0) is 36.0. The highest BCUT2D eigenvalue weighted by atomic mass is 32.2. The number of likely N-dealkylation sites (tertiary alicyclic amines) is 1. The molecule has 0 radical (unpaired) electrons. The van der Waals surface area contributed by atoms with Crippen LogP contribution in [0.15, 0.2) is 77.2 Å². The summed E-state index contributed by atoms with van der Waals surface area (Å²) < 4.78 is 91.2. The number of fused-ring (bicyclic) bond motifs is 6. The third-order valence-corrected chi connectivity index (χ3v) is 10.4. The van der Waals surface area contributed by atoms with Gasteiger partial charge in [-0.05, 0) is 60.7 Å². The monoisotopic (exact) mass is 716 g/mol. The van der Waals surface area contributed by atoms with Crippen LogP contribution in [0.4, 0.5) is 23.2 Å². The summed E-state index contributed by atoms with van der Waals surface area (Å²) in [5, 5.41) is 3.24. The molecule has 5 heterocycles. The molecular weight excluding hydrogens is 688 g/mol. The number of carbonyl (C=O) groups excluding carboxylic acids is 1. The third kappa shape index (κ3) is 5.43. The summed E-state index contributed by atoms with van der Waals surface area (Å²) in [4.78, 5) is 24.6. The summed E-state index contributed by atoms with van der Waals surface area (Å²) in [6, 6.07) is 18.0. The number of anilines is 1. The molecule has 0 atom stereocenters. The van der Waals surface area contributed by atoms with E-state index in [4.69, 9.17) is 14.4 Å². The van der Waals surface area contributed by atoms with E-state index in [1.807, 2.05) is 0 Å². The summed E-state index contributed by atoms with van der Waals surface area (Å²) in [6.45, 7) is -0.761. The Balaban J connectivity index is 1.39. The number of nitrogens with one attached hydrogen (secondary N) is 1. The lowest BCUT2D eigenvalue weighted by atomic mass is 10.0. The van der Waals surface area contributed by atoms with Crippen molar-refractivity contribution in [1.82, 2.24) is 24.6 Å². The van der Waals surface area contributed by atoms with Gasteiger partial charge in [0.2, 0.25) is 10.0 Å². The first-order valence-corrected chi connectivity index (χ1v) is 17.6. The lowest BCUT2D eigenvalue weighted by molar-refractivity contribution is -0.134. The van der Waals surface area contributed by atoms with Gasteiger partial charge < -0.3 is 9.73 Å². The zero-order valence-corrected chi connectivity index (χ0v) is 28.2. The number of furan rings is 1. The largest absolute Gasteiger partial charge is 0.455 e. The Morgan fingerprint density at radius 2 is 1.73 bits per heavy atom. The van der Waals surface area contributed by atoms with Gasteiger partial charge in [0.05, 0.1) is 59.4 Å². The number of hydrogen-bond acceptors (Lipinski definition) is 7. The van der Waals surface area contributed by atoms with Crippen LogP contribution in [-0.4, -0.2) is 73.0 Å². The van der Waals surface area contributed by atoms with Gasteiger partial charge in [-0.1, -0.05) is 6.07 Å². The Bertz CT molecular complexity index is 2680. The highest BCUT2D eigenvalue weighted by molar-refractivity contribution is 7.92. The number of halogens is 4. The van der Waals surface area contributed by atoms with E-state index in [0.717, 1.165) is 10.6 Å². The average molecular weight is 717 g/mol. The first-order valence-electron chi connectivity index (χ1n) is 15.7. The van der Waals surface area contributed by atoms with Crippen LogP contribution >= 0.6 is 0 Å². The number of nitrogens with zero attached hydrogens (tertiary/aromatic N) is 5. The number of sulfonamides is 1. The van der Waals surface area contributed by atoms with Crippen molar-refractivity contribution in [3.8, 4) is 22.6 Å². The molecule has 8 rings (SSSR count). The lowest BCUT2D eigenvalue weighted by Crippen LogP contribution is -2.55. The number of amides is 1. The molecule has 1 amide bonds. The minimum absolute atomic E-state index is 0.0865. The first-order chi connectivity index (χ1) is 24.2. The van der Waals surface area contributed by atoms with Crippen molar-refractivity contribution >= 4 is 60.0 Å². The zero-order valence-electron chi connectivity index (χ0n) is 27.3. The maximum atomic E-state index is 15.1. The second-order valence-corrected chi connectivity index (χ2v) is 14.6. The standard InChI is InChI=1S/C36H28F4N6O4S/c1-41-35(47)32-23-13-22(28(44(2)51(3,48)49)15-30(23)50-34(32)19-7-9-20(37)10-8-19)25-11-12-26-33(43-25)29-14-21-24(38)5-4-6-27(21)46(29)31(42-26)16-45-17-36(39,40)18-45/h4-15H,16-18H2,1-3H3,(H,41,47). The van der Waals surface area contributed by atoms with Crippen molar-refractivity contribution in [3.05, 3.63) is 95.8 Å². The van der Waals surface area contributed by atoms with Crippen molar-refractivity contribution in [2.75, 3.05) is 37.7 Å². The molecule has 0 bridgehead atoms. The highest BCUT2D eigenvalue weighted by Gasteiger charge is 2.44. The fourth-order valence-corrected chi connectivity index (χ4v) is 7.18. The van der Waals surface area contributed by atoms with E-state index in [9.17, 15) is 26.4 Å². The molecule has 260 valence electrons. The maximum absolute atomic E-state index is 15.1. The normalized spacial score (nSPS) is 14.8. The number of hydrogen-bond donors (Lipinski definition) is 1. The summed E-state index contributed by atoms with van der Waals surface area (Å²) in [5.74, 6) is -3.67. The van der Waals surface area contributed by atoms with Gasteiger partial charge >= 0.3 is 0 Å². The van der Waals surface area contributed by atoms with Crippen LogP contribution in [-0.2, 0) is 16.6 Å². The summed E-state index contributed by atoms with van der Waals surface area (Å²) in [5.41, 5.74) is 3.27. The van der Waals surface area contributed by atoms with E-state index < -0.39 is 46.6 Å². The van der Waals surface area contributed by atoms with Gasteiger partial charge in [-0.3, -0.25) is 18.4 Å². The number of aromatic nitrogens is 3. The van der Waals surface area contributed by atoms with E-state index in [1.165, 1.54) is 50.5 Å². The van der Waals surface area contributed by atoms with Crippen molar-refractivity contribution in [1.29, 1.82) is 0 Å². The molecular formula is C36H28F4N6O4S. The summed E-state index contributed by atoms with van der Waals surface area (Å²) in [6.07, 6.45) is 1.04. The van der Waals surface area contributed by atoms with E-state index in [-0.39, 0.29) is 34.5 Å². The number of carbonyl (C=O) groups is 1. The van der Waals surface area contributed by atoms with E-state index in [2.05, 4.69) is 5.32 Å². The SMILES string of the molecule is CNC(=O)c1c(-c2ccc(F)cc2)oc2cc(N(C)S(C)(=O)=O)c(-c3ccc4nc(CN5CC(F)(F)C5)n5c6cccc(F)c6cc5c4n3)cc12. The van der Waals surface area contributed by atoms with Crippen LogP contribution in [0, 0.1) is 11.6 Å². The minimum atomic E-state index is -3.83. The van der Waals surface area contributed by atoms with Crippen LogP contribution in [0.2, 0.25) is 0 Å². The second kappa shape index (κ2) is 11.5. The van der Waals surface area contributed by atoms with Crippen molar-refractivity contribution in [2.24, 2.45) is 0 Å². The maximum Gasteiger partial charge on any atom is 0.272 e. The fourth-order valence-electron chi connectivity index (χ4n) is 6.67. The van der Waals surface area contributed by atoms with Crippen LogP contribution < -0.4 is 9.62 Å². The molecule has 0 spiro atoms. The molecule has 1 fully saturated rings. The number of alkyl halides is 2. The van der Waals surface area contributed by atoms with Crippen LogP contribution in [0.5, 0.6) is 0 Å². The predicted octanol–water partition coefficient (Wildman–Crippen LogP) is 6.60. The Hall–Kier alpha value is -5.54. The summed E-state index contributed by atoms with van der Waals surface area (Å²) >= 11 is 0. The molecule has 0 aliphatic carbocycles. The minimum Gasteiger partial charge on any atom is -0.455 e. The van der Waals surface area contributed by atoms with E-state index >= 15 is 4.39 Å². The van der Waals surface area contributed by atoms with Gasteiger partial charge in [-0.15, -0.1) is 0 Å². The average Bonchev–Trinajstić information content (AvgIpc) is 3.66. The van der Waals surface area contributed by atoms with E-state index in [1.54, 1.807) is 45.7 Å². The fraction of sp³-hybridized carbons (Fsp3) is 0.194. The Morgan fingerprint density at radius 3 is 2.41 bits per heavy atom. The molecule has 1 aliphatic heterocycles. The van der Waals surface area contributed by atoms with E-state index in [0.29, 0.717) is 50.1 Å². The van der Waals surface area contributed by atoms with Crippen LogP contribution in [0.1, 0.15) is 16.2 Å². The Kier molecular flexibility index (Phi) is 7.36. The van der Waals surface area contributed by atoms with Gasteiger partial charge in [0, 0.05) is 42.1 Å². The number of pyridine rings is 1. The number of rotatable bonds is 7. The first kappa shape index (κ1) is 32.7. The van der Waals surface area contributed by atoms with Gasteiger partial charge in [-0.25, -0.2) is 35.9 Å². The quantitative estimate of drug-likeness (QED) is 0.185. The Morgan fingerprint density at radius 1 is 0.980 bits per heavy atom. The molecule has 1 saturated heterocycles. The molecule has 7 aromatic rings. The van der Waals surface area contributed by atoms with Crippen LogP contribution in [0.3, 0.4) is 0 Å². The Labute approximate surface area is 288 Å². The molecule has 3 aromatic carbocycles. The van der Waals surface area contributed by atoms with Gasteiger partial charge in [-0.2, -0.15) is 0 Å². The highest BCUT2D eigenvalue weighted by Crippen LogP contribution is 2.42. The molecule has 15 heteroatoms. The summed E-state index contributed by atoms with van der Waals surface area (Å²) in [7, 11) is -1.00. The lowest BCUT2D eigenvalue weighted by Gasteiger charge is -2.38. The third-order valence-electron chi connectivity index (χ3n) is 9.17. The molecule has 1 N–H and O–H groups in total. The second-order valence-electron chi connectivity index (χ2n) is 12.6. The topological polar surface area (TPSA) is 113 Å². The van der Waals surface area contributed by atoms with Crippen molar-refractivity contribution < 1.29 is 35.2 Å². The molecule has 4 aromatic heterocycles. The van der Waals surface area contributed by atoms with Crippen LogP contribution in [0.25, 0.3) is 61.0 Å². The van der Waals surface area contributed by atoms with Crippen molar-refractivity contribution in [3.63, 3.8) is 0 Å². The van der Waals surface area contributed by atoms with Gasteiger partial charge in [0.15, 0.2) is 0 Å². The molecule has 0 saturated carbocycles. The smallest absolute Gasteiger partial charge is 0.272 e.